The van der Waals surface area contributed by atoms with Gasteiger partial charge in [-0.25, -0.2) is 0 Å². The molecule has 2 fully saturated rings. The molecule has 1 aliphatic heterocycles. The van der Waals surface area contributed by atoms with E-state index in [2.05, 4.69) is 11.8 Å². The second-order valence-corrected chi connectivity index (χ2v) is 6.01. The maximum absolute atomic E-state index is 5.80. The summed E-state index contributed by atoms with van der Waals surface area (Å²) in [6, 6.07) is 0.382. The maximum atomic E-state index is 5.80. The molecular formula is C14H28N2. The molecule has 1 aliphatic carbocycles. The minimum absolute atomic E-state index is 0.382. The highest BCUT2D eigenvalue weighted by Crippen LogP contribution is 2.35. The molecule has 2 rings (SSSR count). The molecule has 2 nitrogen and oxygen atoms in total. The Morgan fingerprint density at radius 1 is 1.19 bits per heavy atom. The minimum Gasteiger partial charge on any atom is -0.328 e. The van der Waals surface area contributed by atoms with Crippen LogP contribution in [0.25, 0.3) is 0 Å². The van der Waals surface area contributed by atoms with Crippen LogP contribution in [0.4, 0.5) is 0 Å². The van der Waals surface area contributed by atoms with Crippen molar-refractivity contribution in [3.8, 4) is 0 Å². The number of fused-ring (bicyclic) bond motifs is 1. The van der Waals surface area contributed by atoms with E-state index in [0.29, 0.717) is 6.04 Å². The molecule has 1 heterocycles. The zero-order valence-corrected chi connectivity index (χ0v) is 10.8. The largest absolute Gasteiger partial charge is 0.328 e. The Hall–Kier alpha value is -0.0800. The van der Waals surface area contributed by atoms with Crippen molar-refractivity contribution in [2.45, 2.75) is 57.9 Å². The Morgan fingerprint density at radius 2 is 1.94 bits per heavy atom. The lowest BCUT2D eigenvalue weighted by atomic mass is 9.75. The third-order valence-electron chi connectivity index (χ3n) is 4.51. The molecule has 0 aromatic heterocycles. The van der Waals surface area contributed by atoms with E-state index >= 15 is 0 Å². The van der Waals surface area contributed by atoms with Crippen molar-refractivity contribution < 1.29 is 0 Å². The van der Waals surface area contributed by atoms with Gasteiger partial charge in [0.25, 0.3) is 0 Å². The first kappa shape index (κ1) is 12.4. The van der Waals surface area contributed by atoms with Gasteiger partial charge in [-0.1, -0.05) is 19.3 Å². The molecular weight excluding hydrogens is 196 g/mol. The van der Waals surface area contributed by atoms with Gasteiger partial charge in [0.2, 0.25) is 0 Å². The van der Waals surface area contributed by atoms with Crippen LogP contribution in [0.1, 0.15) is 51.9 Å². The predicted octanol–water partition coefficient (Wildman–Crippen LogP) is 2.63. The summed E-state index contributed by atoms with van der Waals surface area (Å²) in [4.78, 5) is 2.69. The van der Waals surface area contributed by atoms with Crippen molar-refractivity contribution >= 4 is 0 Å². The van der Waals surface area contributed by atoms with Crippen LogP contribution in [0.2, 0.25) is 0 Å². The third-order valence-corrected chi connectivity index (χ3v) is 4.51. The van der Waals surface area contributed by atoms with E-state index in [1.54, 1.807) is 0 Å². The molecule has 3 atom stereocenters. The van der Waals surface area contributed by atoms with Gasteiger partial charge in [-0.2, -0.15) is 0 Å². The predicted molar refractivity (Wildman–Crippen MR) is 69.4 cm³/mol. The lowest BCUT2D eigenvalue weighted by Crippen LogP contribution is -2.42. The van der Waals surface area contributed by atoms with Crippen molar-refractivity contribution in [2.75, 3.05) is 19.6 Å². The topological polar surface area (TPSA) is 29.3 Å². The summed E-state index contributed by atoms with van der Waals surface area (Å²) in [6.07, 6.45) is 9.91. The number of piperidine rings is 1. The quantitative estimate of drug-likeness (QED) is 0.795. The molecule has 3 unspecified atom stereocenters. The van der Waals surface area contributed by atoms with Gasteiger partial charge in [-0.15, -0.1) is 0 Å². The van der Waals surface area contributed by atoms with E-state index in [0.717, 1.165) is 11.8 Å². The van der Waals surface area contributed by atoms with E-state index in [1.807, 2.05) is 0 Å². The second-order valence-electron chi connectivity index (χ2n) is 6.01. The van der Waals surface area contributed by atoms with Crippen molar-refractivity contribution in [3.63, 3.8) is 0 Å². The van der Waals surface area contributed by atoms with Gasteiger partial charge >= 0.3 is 0 Å². The lowest BCUT2D eigenvalue weighted by Gasteiger charge is -2.41. The van der Waals surface area contributed by atoms with Gasteiger partial charge in [0.15, 0.2) is 0 Å². The smallest absolute Gasteiger partial charge is 0.00123 e. The molecule has 0 radical (unpaired) electrons. The summed E-state index contributed by atoms with van der Waals surface area (Å²) in [6.45, 7) is 6.13. The molecule has 2 heteroatoms. The number of likely N-dealkylation sites (tertiary alicyclic amines) is 1. The highest BCUT2D eigenvalue weighted by atomic mass is 15.1. The minimum atomic E-state index is 0.382. The second kappa shape index (κ2) is 6.02. The Labute approximate surface area is 101 Å². The van der Waals surface area contributed by atoms with Crippen LogP contribution in [0, 0.1) is 11.8 Å². The first-order chi connectivity index (χ1) is 7.75. The highest BCUT2D eigenvalue weighted by molar-refractivity contribution is 4.83. The standard InChI is InChI=1S/C14H28N2/c1-12(15)5-4-9-16-10-8-13-6-2-3-7-14(13)11-16/h12-14H,2-11,15H2,1H3. The van der Waals surface area contributed by atoms with E-state index < -0.39 is 0 Å². The molecule has 1 saturated heterocycles. The Morgan fingerprint density at radius 3 is 2.69 bits per heavy atom. The van der Waals surface area contributed by atoms with Crippen molar-refractivity contribution in [1.29, 1.82) is 0 Å². The summed E-state index contributed by atoms with van der Waals surface area (Å²) < 4.78 is 0. The third kappa shape index (κ3) is 3.46. The zero-order valence-electron chi connectivity index (χ0n) is 10.8. The molecule has 2 N–H and O–H groups in total. The zero-order chi connectivity index (χ0) is 11.4. The maximum Gasteiger partial charge on any atom is 0.00123 e. The molecule has 1 saturated carbocycles. The fraction of sp³-hybridized carbons (Fsp3) is 1.00. The van der Waals surface area contributed by atoms with Crippen LogP contribution in [-0.2, 0) is 0 Å². The van der Waals surface area contributed by atoms with Gasteiger partial charge in [0.1, 0.15) is 0 Å². The number of nitrogens with two attached hydrogens (primary N) is 1. The van der Waals surface area contributed by atoms with E-state index in [1.165, 1.54) is 64.6 Å². The number of hydrogen-bond acceptors (Lipinski definition) is 2. The normalized spacial score (nSPS) is 33.4. The van der Waals surface area contributed by atoms with Crippen LogP contribution in [0.3, 0.4) is 0 Å². The molecule has 0 bridgehead atoms. The Kier molecular flexibility index (Phi) is 4.66. The summed E-state index contributed by atoms with van der Waals surface area (Å²) in [5.74, 6) is 2.09. The highest BCUT2D eigenvalue weighted by Gasteiger charge is 2.30. The molecule has 0 aromatic rings. The number of hydrogen-bond donors (Lipinski definition) is 1. The molecule has 0 amide bonds. The molecule has 16 heavy (non-hydrogen) atoms. The Bertz CT molecular complexity index is 203. The van der Waals surface area contributed by atoms with Crippen molar-refractivity contribution in [2.24, 2.45) is 17.6 Å². The fourth-order valence-corrected chi connectivity index (χ4v) is 3.52. The number of rotatable bonds is 4. The fourth-order valence-electron chi connectivity index (χ4n) is 3.52. The van der Waals surface area contributed by atoms with Gasteiger partial charge in [0.05, 0.1) is 0 Å². The van der Waals surface area contributed by atoms with E-state index in [4.69, 9.17) is 5.73 Å². The first-order valence-electron chi connectivity index (χ1n) is 7.23. The monoisotopic (exact) mass is 224 g/mol. The molecule has 0 spiro atoms. The summed E-state index contributed by atoms with van der Waals surface area (Å²) in [5, 5.41) is 0. The van der Waals surface area contributed by atoms with Crippen LogP contribution in [0.15, 0.2) is 0 Å². The summed E-state index contributed by atoms with van der Waals surface area (Å²) in [5.41, 5.74) is 5.80. The SMILES string of the molecule is CC(N)CCCN1CCC2CCCCC2C1. The van der Waals surface area contributed by atoms with E-state index in [-0.39, 0.29) is 0 Å². The van der Waals surface area contributed by atoms with Crippen LogP contribution >= 0.6 is 0 Å². The van der Waals surface area contributed by atoms with Gasteiger partial charge < -0.3 is 10.6 Å². The molecule has 0 aromatic carbocycles. The molecule has 94 valence electrons. The van der Waals surface area contributed by atoms with Crippen LogP contribution in [0.5, 0.6) is 0 Å². The van der Waals surface area contributed by atoms with Gasteiger partial charge in [-0.05, 0) is 57.5 Å². The van der Waals surface area contributed by atoms with Crippen LogP contribution < -0.4 is 5.73 Å². The Balaban J connectivity index is 1.68. The summed E-state index contributed by atoms with van der Waals surface area (Å²) in [7, 11) is 0. The van der Waals surface area contributed by atoms with Crippen LogP contribution in [-0.4, -0.2) is 30.6 Å². The summed E-state index contributed by atoms with van der Waals surface area (Å²) >= 11 is 0. The average Bonchev–Trinajstić information content (AvgIpc) is 2.28. The van der Waals surface area contributed by atoms with Gasteiger partial charge in [0, 0.05) is 12.6 Å². The molecule has 2 aliphatic rings. The van der Waals surface area contributed by atoms with Gasteiger partial charge in [-0.3, -0.25) is 0 Å². The number of nitrogens with zero attached hydrogens (tertiary/aromatic N) is 1. The van der Waals surface area contributed by atoms with Crippen molar-refractivity contribution in [1.82, 2.24) is 4.90 Å². The average molecular weight is 224 g/mol. The first-order valence-corrected chi connectivity index (χ1v) is 7.23. The lowest BCUT2D eigenvalue weighted by molar-refractivity contribution is 0.0855. The van der Waals surface area contributed by atoms with Crippen molar-refractivity contribution in [3.05, 3.63) is 0 Å². The van der Waals surface area contributed by atoms with E-state index in [9.17, 15) is 0 Å².